The van der Waals surface area contributed by atoms with Gasteiger partial charge in [0.25, 0.3) is 5.91 Å². The Balaban J connectivity index is 1.68. The third kappa shape index (κ3) is 3.56. The molecule has 1 aliphatic heterocycles. The number of aromatic nitrogens is 1. The number of carbonyl (C=O) groups is 1. The van der Waals surface area contributed by atoms with Crippen LogP contribution in [0.15, 0.2) is 30.5 Å². The van der Waals surface area contributed by atoms with Crippen molar-refractivity contribution in [3.05, 3.63) is 41.6 Å². The Kier molecular flexibility index (Phi) is 4.88. The van der Waals surface area contributed by atoms with Crippen molar-refractivity contribution in [3.8, 4) is 17.4 Å². The summed E-state index contributed by atoms with van der Waals surface area (Å²) < 4.78 is 17.1. The number of methoxy groups -OCH3 is 1. The SMILES string of the molecule is COc1ccc(C(=O)N2CCOc3ncc(C)cc32)c(OC2CCCC2)c1. The largest absolute Gasteiger partial charge is 0.497 e. The quantitative estimate of drug-likeness (QED) is 0.822. The van der Waals surface area contributed by atoms with Crippen molar-refractivity contribution < 1.29 is 19.0 Å². The lowest BCUT2D eigenvalue weighted by Gasteiger charge is -2.29. The molecule has 0 radical (unpaired) electrons. The smallest absolute Gasteiger partial charge is 0.262 e. The fraction of sp³-hybridized carbons (Fsp3) is 0.429. The van der Waals surface area contributed by atoms with Gasteiger partial charge in [0.2, 0.25) is 5.88 Å². The van der Waals surface area contributed by atoms with Crippen LogP contribution < -0.4 is 19.1 Å². The summed E-state index contributed by atoms with van der Waals surface area (Å²) in [4.78, 5) is 19.4. The molecule has 0 atom stereocenters. The maximum atomic E-state index is 13.4. The molecule has 1 aliphatic carbocycles. The highest BCUT2D eigenvalue weighted by molar-refractivity contribution is 6.08. The van der Waals surface area contributed by atoms with Crippen molar-refractivity contribution in [2.75, 3.05) is 25.2 Å². The molecule has 142 valence electrons. The average molecular weight is 368 g/mol. The number of benzene rings is 1. The van der Waals surface area contributed by atoms with Crippen molar-refractivity contribution in [2.24, 2.45) is 0 Å². The van der Waals surface area contributed by atoms with E-state index in [0.717, 1.165) is 18.4 Å². The van der Waals surface area contributed by atoms with E-state index in [0.29, 0.717) is 41.8 Å². The highest BCUT2D eigenvalue weighted by Gasteiger charge is 2.29. The Morgan fingerprint density at radius 1 is 1.26 bits per heavy atom. The zero-order chi connectivity index (χ0) is 18.8. The van der Waals surface area contributed by atoms with Gasteiger partial charge in [-0.1, -0.05) is 0 Å². The Hall–Kier alpha value is -2.76. The molecule has 0 bridgehead atoms. The topological polar surface area (TPSA) is 60.9 Å². The fourth-order valence-electron chi connectivity index (χ4n) is 3.65. The van der Waals surface area contributed by atoms with Crippen LogP contribution in [0.5, 0.6) is 17.4 Å². The number of pyridine rings is 1. The summed E-state index contributed by atoms with van der Waals surface area (Å²) in [5.41, 5.74) is 2.22. The predicted molar refractivity (Wildman–Crippen MR) is 102 cm³/mol. The third-order valence-corrected chi connectivity index (χ3v) is 5.07. The van der Waals surface area contributed by atoms with Crippen molar-refractivity contribution in [1.82, 2.24) is 4.98 Å². The number of amides is 1. The summed E-state index contributed by atoms with van der Waals surface area (Å²) >= 11 is 0. The van der Waals surface area contributed by atoms with E-state index in [-0.39, 0.29) is 12.0 Å². The van der Waals surface area contributed by atoms with E-state index < -0.39 is 0 Å². The van der Waals surface area contributed by atoms with Crippen LogP contribution >= 0.6 is 0 Å². The Bertz CT molecular complexity index is 846. The van der Waals surface area contributed by atoms with E-state index in [1.165, 1.54) is 12.8 Å². The minimum Gasteiger partial charge on any atom is -0.497 e. The summed E-state index contributed by atoms with van der Waals surface area (Å²) in [6.45, 7) is 2.85. The van der Waals surface area contributed by atoms with Crippen LogP contribution in [0.3, 0.4) is 0 Å². The zero-order valence-electron chi connectivity index (χ0n) is 15.7. The van der Waals surface area contributed by atoms with Crippen LogP contribution in [0.1, 0.15) is 41.6 Å². The lowest BCUT2D eigenvalue weighted by atomic mass is 10.1. The summed E-state index contributed by atoms with van der Waals surface area (Å²) in [6.07, 6.45) is 6.28. The molecule has 1 saturated carbocycles. The van der Waals surface area contributed by atoms with Crippen LogP contribution in [0.4, 0.5) is 5.69 Å². The molecule has 0 N–H and O–H groups in total. The van der Waals surface area contributed by atoms with Crippen LogP contribution in [-0.2, 0) is 0 Å². The molecule has 1 amide bonds. The highest BCUT2D eigenvalue weighted by Crippen LogP contribution is 2.35. The van der Waals surface area contributed by atoms with Crippen LogP contribution in [-0.4, -0.2) is 37.3 Å². The summed E-state index contributed by atoms with van der Waals surface area (Å²) in [5, 5.41) is 0. The molecule has 2 aliphatic rings. The average Bonchev–Trinajstić information content (AvgIpc) is 3.20. The number of rotatable bonds is 4. The van der Waals surface area contributed by atoms with Gasteiger partial charge in [0.1, 0.15) is 23.8 Å². The lowest BCUT2D eigenvalue weighted by Crippen LogP contribution is -2.38. The van der Waals surface area contributed by atoms with E-state index >= 15 is 0 Å². The summed E-state index contributed by atoms with van der Waals surface area (Å²) in [7, 11) is 1.61. The summed E-state index contributed by atoms with van der Waals surface area (Å²) in [6, 6.07) is 7.32. The maximum Gasteiger partial charge on any atom is 0.262 e. The van der Waals surface area contributed by atoms with E-state index in [1.54, 1.807) is 36.4 Å². The number of hydrogen-bond acceptors (Lipinski definition) is 5. The molecule has 0 saturated heterocycles. The number of carbonyl (C=O) groups excluding carboxylic acids is 1. The number of nitrogens with zero attached hydrogens (tertiary/aromatic N) is 2. The molecule has 4 rings (SSSR count). The minimum absolute atomic E-state index is 0.109. The van der Waals surface area contributed by atoms with Crippen LogP contribution in [0, 0.1) is 6.92 Å². The van der Waals surface area contributed by atoms with E-state index in [1.807, 2.05) is 13.0 Å². The molecule has 2 heterocycles. The fourth-order valence-corrected chi connectivity index (χ4v) is 3.65. The molecule has 1 fully saturated rings. The first-order valence-electron chi connectivity index (χ1n) is 9.41. The molecule has 6 nitrogen and oxygen atoms in total. The number of ether oxygens (including phenoxy) is 3. The van der Waals surface area contributed by atoms with Gasteiger partial charge < -0.3 is 14.2 Å². The molecular weight excluding hydrogens is 344 g/mol. The number of fused-ring (bicyclic) bond motifs is 1. The second-order valence-electron chi connectivity index (χ2n) is 7.03. The normalized spacial score (nSPS) is 16.6. The Morgan fingerprint density at radius 3 is 2.85 bits per heavy atom. The van der Waals surface area contributed by atoms with Gasteiger partial charge in [-0.15, -0.1) is 0 Å². The zero-order valence-corrected chi connectivity index (χ0v) is 15.7. The molecular formula is C21H24N2O4. The highest BCUT2D eigenvalue weighted by atomic mass is 16.5. The van der Waals surface area contributed by atoms with E-state index in [4.69, 9.17) is 14.2 Å². The maximum absolute atomic E-state index is 13.4. The van der Waals surface area contributed by atoms with Gasteiger partial charge in [-0.05, 0) is 56.4 Å². The van der Waals surface area contributed by atoms with Gasteiger partial charge in [0, 0.05) is 12.3 Å². The lowest BCUT2D eigenvalue weighted by molar-refractivity contribution is 0.0968. The predicted octanol–water partition coefficient (Wildman–Crippen LogP) is 3.76. The first kappa shape index (κ1) is 17.6. The molecule has 27 heavy (non-hydrogen) atoms. The van der Waals surface area contributed by atoms with E-state index in [9.17, 15) is 4.79 Å². The Labute approximate surface area is 159 Å². The van der Waals surface area contributed by atoms with Gasteiger partial charge in [-0.25, -0.2) is 4.98 Å². The van der Waals surface area contributed by atoms with E-state index in [2.05, 4.69) is 4.98 Å². The van der Waals surface area contributed by atoms with Crippen molar-refractivity contribution in [2.45, 2.75) is 38.7 Å². The second kappa shape index (κ2) is 7.47. The Morgan fingerprint density at radius 2 is 2.07 bits per heavy atom. The first-order valence-corrected chi connectivity index (χ1v) is 9.41. The number of aryl methyl sites for hydroxylation is 1. The monoisotopic (exact) mass is 368 g/mol. The molecule has 2 aromatic rings. The standard InChI is InChI=1S/C21H24N2O4/c1-14-11-18-20(22-13-14)26-10-9-23(18)21(24)17-8-7-16(25-2)12-19(17)27-15-5-3-4-6-15/h7-8,11-13,15H,3-6,9-10H2,1-2H3. The summed E-state index contributed by atoms with van der Waals surface area (Å²) in [5.74, 6) is 1.65. The van der Waals surface area contributed by atoms with Crippen molar-refractivity contribution in [3.63, 3.8) is 0 Å². The molecule has 1 aromatic carbocycles. The van der Waals surface area contributed by atoms with Gasteiger partial charge in [-0.2, -0.15) is 0 Å². The number of anilines is 1. The van der Waals surface area contributed by atoms with Gasteiger partial charge >= 0.3 is 0 Å². The van der Waals surface area contributed by atoms with Crippen molar-refractivity contribution in [1.29, 1.82) is 0 Å². The minimum atomic E-state index is -0.109. The molecule has 1 aromatic heterocycles. The molecule has 6 heteroatoms. The van der Waals surface area contributed by atoms with Gasteiger partial charge in [0.15, 0.2) is 0 Å². The van der Waals surface area contributed by atoms with Crippen molar-refractivity contribution >= 4 is 11.6 Å². The molecule has 0 unspecified atom stereocenters. The molecule has 0 spiro atoms. The van der Waals surface area contributed by atoms with Crippen LogP contribution in [0.2, 0.25) is 0 Å². The second-order valence-corrected chi connectivity index (χ2v) is 7.03. The van der Waals surface area contributed by atoms with Gasteiger partial charge in [-0.3, -0.25) is 9.69 Å². The third-order valence-electron chi connectivity index (χ3n) is 5.07. The van der Waals surface area contributed by atoms with Gasteiger partial charge in [0.05, 0.1) is 25.3 Å². The number of hydrogen-bond donors (Lipinski definition) is 0. The van der Waals surface area contributed by atoms with Crippen LogP contribution in [0.25, 0.3) is 0 Å². The first-order chi connectivity index (χ1) is 13.2.